The van der Waals surface area contributed by atoms with E-state index in [1.807, 2.05) is 48.5 Å². The number of hydrogen-bond donors (Lipinski definition) is 1. The summed E-state index contributed by atoms with van der Waals surface area (Å²) < 4.78 is 1.37. The van der Waals surface area contributed by atoms with Gasteiger partial charge in [0.2, 0.25) is 0 Å². The van der Waals surface area contributed by atoms with Gasteiger partial charge in [0.15, 0.2) is 0 Å². The monoisotopic (exact) mass is 360 g/mol. The Morgan fingerprint density at radius 3 is 2.48 bits per heavy atom. The van der Waals surface area contributed by atoms with Crippen LogP contribution in [0.1, 0.15) is 37.0 Å². The zero-order chi connectivity index (χ0) is 19.0. The molecule has 4 rings (SSSR count). The molecule has 0 bridgehead atoms. The normalized spacial score (nSPS) is 18.0. The van der Waals surface area contributed by atoms with Crippen molar-refractivity contribution in [1.29, 1.82) is 0 Å². The topological polar surface area (TPSA) is 54.9 Å². The number of aromatic amines is 1. The quantitative estimate of drug-likeness (QED) is 0.772. The molecular weight excluding hydrogens is 336 g/mol. The van der Waals surface area contributed by atoms with Crippen LogP contribution in [0, 0.1) is 0 Å². The number of hydrogen-bond acceptors (Lipinski definition) is 2. The predicted molar refractivity (Wildman–Crippen MR) is 108 cm³/mol. The summed E-state index contributed by atoms with van der Waals surface area (Å²) in [6, 6.07) is 18.0. The Labute approximate surface area is 158 Å². The lowest BCUT2D eigenvalue weighted by Gasteiger charge is -2.35. The fourth-order valence-electron chi connectivity index (χ4n) is 4.15. The van der Waals surface area contributed by atoms with Gasteiger partial charge in [-0.2, -0.15) is 0 Å². The van der Waals surface area contributed by atoms with Crippen LogP contribution in [0.2, 0.25) is 0 Å². The first-order chi connectivity index (χ1) is 13.0. The van der Waals surface area contributed by atoms with Gasteiger partial charge in [-0.15, -0.1) is 0 Å². The number of aromatic nitrogens is 2. The lowest BCUT2D eigenvalue weighted by atomic mass is 9.69. The minimum absolute atomic E-state index is 0.150. The van der Waals surface area contributed by atoms with Crippen molar-refractivity contribution in [1.82, 2.24) is 9.55 Å². The van der Waals surface area contributed by atoms with Crippen LogP contribution in [-0.4, -0.2) is 9.55 Å². The molecule has 27 heavy (non-hydrogen) atoms. The van der Waals surface area contributed by atoms with E-state index in [4.69, 9.17) is 0 Å². The highest BCUT2D eigenvalue weighted by atomic mass is 16.2. The first kappa shape index (κ1) is 17.5. The van der Waals surface area contributed by atoms with Crippen molar-refractivity contribution >= 4 is 0 Å². The average molecular weight is 360 g/mol. The molecule has 1 N–H and O–H groups in total. The molecule has 0 radical (unpaired) electrons. The molecule has 4 heteroatoms. The number of benzene rings is 2. The Balaban J connectivity index is 1.85. The van der Waals surface area contributed by atoms with E-state index in [2.05, 4.69) is 24.9 Å². The van der Waals surface area contributed by atoms with Crippen molar-refractivity contribution in [3.8, 4) is 11.3 Å². The van der Waals surface area contributed by atoms with Gasteiger partial charge in [-0.1, -0.05) is 68.4 Å². The maximum absolute atomic E-state index is 13.4. The van der Waals surface area contributed by atoms with E-state index in [0.29, 0.717) is 18.7 Å². The fraction of sp³-hybridized carbons (Fsp3) is 0.304. The average Bonchev–Trinajstić information content (AvgIpc) is 2.68. The van der Waals surface area contributed by atoms with Gasteiger partial charge in [0.1, 0.15) is 0 Å². The molecule has 1 aliphatic carbocycles. The summed E-state index contributed by atoms with van der Waals surface area (Å²) in [4.78, 5) is 29.2. The molecule has 0 fully saturated rings. The van der Waals surface area contributed by atoms with E-state index < -0.39 is 0 Å². The van der Waals surface area contributed by atoms with E-state index in [1.54, 1.807) is 0 Å². The van der Waals surface area contributed by atoms with E-state index in [9.17, 15) is 9.59 Å². The molecule has 1 aromatic heterocycles. The molecule has 1 atom stereocenters. The molecule has 2 aromatic carbocycles. The number of H-pyrrole nitrogens is 1. The lowest BCUT2D eigenvalue weighted by molar-refractivity contribution is 0.431. The Hall–Kier alpha value is -2.88. The minimum Gasteiger partial charge on any atom is -0.306 e. The van der Waals surface area contributed by atoms with Gasteiger partial charge in [0.25, 0.3) is 5.56 Å². The van der Waals surface area contributed by atoms with Crippen LogP contribution in [0.25, 0.3) is 11.3 Å². The van der Waals surface area contributed by atoms with Crippen LogP contribution in [0.3, 0.4) is 0 Å². The van der Waals surface area contributed by atoms with E-state index in [-0.39, 0.29) is 16.7 Å². The van der Waals surface area contributed by atoms with Crippen LogP contribution in [-0.2, 0) is 24.8 Å². The van der Waals surface area contributed by atoms with Crippen molar-refractivity contribution in [3.05, 3.63) is 92.1 Å². The molecule has 0 saturated carbocycles. The van der Waals surface area contributed by atoms with E-state index in [1.165, 1.54) is 10.1 Å². The minimum atomic E-state index is -0.329. The summed E-state index contributed by atoms with van der Waals surface area (Å²) in [5.41, 5.74) is 3.97. The third-order valence-electron chi connectivity index (χ3n) is 5.90. The van der Waals surface area contributed by atoms with Crippen LogP contribution in [0.4, 0.5) is 0 Å². The second-order valence-corrected chi connectivity index (χ2v) is 7.62. The van der Waals surface area contributed by atoms with Crippen molar-refractivity contribution in [2.24, 2.45) is 0 Å². The van der Waals surface area contributed by atoms with Crippen molar-refractivity contribution in [2.45, 2.75) is 45.1 Å². The summed E-state index contributed by atoms with van der Waals surface area (Å²) in [6.45, 7) is 4.62. The molecule has 0 aliphatic heterocycles. The van der Waals surface area contributed by atoms with Crippen LogP contribution in [0.5, 0.6) is 0 Å². The zero-order valence-electron chi connectivity index (χ0n) is 15.8. The van der Waals surface area contributed by atoms with Crippen LogP contribution >= 0.6 is 0 Å². The molecule has 0 unspecified atom stereocenters. The summed E-state index contributed by atoms with van der Waals surface area (Å²) in [5, 5.41) is 0. The molecule has 1 heterocycles. The van der Waals surface area contributed by atoms with E-state index >= 15 is 0 Å². The summed E-state index contributed by atoms with van der Waals surface area (Å²) >= 11 is 0. The molecule has 0 spiro atoms. The third-order valence-corrected chi connectivity index (χ3v) is 5.90. The van der Waals surface area contributed by atoms with Crippen molar-refractivity contribution in [3.63, 3.8) is 0 Å². The van der Waals surface area contributed by atoms with Crippen molar-refractivity contribution < 1.29 is 0 Å². The maximum atomic E-state index is 13.4. The second-order valence-electron chi connectivity index (χ2n) is 7.62. The van der Waals surface area contributed by atoms with Crippen molar-refractivity contribution in [2.75, 3.05) is 0 Å². The lowest BCUT2D eigenvalue weighted by Crippen LogP contribution is -2.45. The Morgan fingerprint density at radius 1 is 1.04 bits per heavy atom. The summed E-state index contributed by atoms with van der Waals surface area (Å²) in [5.74, 6) is 0. The Bertz CT molecular complexity index is 1100. The molecular formula is C23H24N2O2. The summed E-state index contributed by atoms with van der Waals surface area (Å²) in [6.07, 6.45) is 2.31. The zero-order valence-corrected chi connectivity index (χ0v) is 15.8. The SMILES string of the molecule is CC[C@@]1(C)Cc2ccccc2-c2[nH]c(=O)n(CCc3ccccc3)c(=O)c21. The smallest absolute Gasteiger partial charge is 0.306 e. The van der Waals surface area contributed by atoms with Gasteiger partial charge < -0.3 is 4.98 Å². The van der Waals surface area contributed by atoms with Gasteiger partial charge in [-0.3, -0.25) is 9.36 Å². The molecule has 0 saturated heterocycles. The van der Waals surface area contributed by atoms with Crippen LogP contribution in [0.15, 0.2) is 64.2 Å². The Morgan fingerprint density at radius 2 is 1.74 bits per heavy atom. The number of aryl methyl sites for hydroxylation is 1. The van der Waals surface area contributed by atoms with E-state index in [0.717, 1.165) is 29.5 Å². The van der Waals surface area contributed by atoms with Gasteiger partial charge in [0.05, 0.1) is 5.69 Å². The Kier molecular flexibility index (Phi) is 4.34. The number of rotatable bonds is 4. The van der Waals surface area contributed by atoms with Crippen LogP contribution < -0.4 is 11.2 Å². The maximum Gasteiger partial charge on any atom is 0.328 e. The largest absolute Gasteiger partial charge is 0.328 e. The van der Waals surface area contributed by atoms with Gasteiger partial charge >= 0.3 is 5.69 Å². The number of fused-ring (bicyclic) bond motifs is 3. The highest BCUT2D eigenvalue weighted by Gasteiger charge is 2.37. The highest BCUT2D eigenvalue weighted by Crippen LogP contribution is 2.41. The molecule has 3 aromatic rings. The highest BCUT2D eigenvalue weighted by molar-refractivity contribution is 5.71. The third kappa shape index (κ3) is 2.95. The van der Waals surface area contributed by atoms with Gasteiger partial charge in [-0.05, 0) is 30.4 Å². The standard InChI is InChI=1S/C23H24N2O2/c1-3-23(2)15-17-11-7-8-12-18(17)20-19(23)21(26)25(22(27)24-20)14-13-16-9-5-4-6-10-16/h4-12H,3,13-15H2,1-2H3,(H,24,27)/t23-/m0/s1. The summed E-state index contributed by atoms with van der Waals surface area (Å²) in [7, 11) is 0. The number of nitrogens with zero attached hydrogens (tertiary/aromatic N) is 1. The predicted octanol–water partition coefficient (Wildman–Crippen LogP) is 3.67. The molecule has 1 aliphatic rings. The molecule has 4 nitrogen and oxygen atoms in total. The first-order valence-corrected chi connectivity index (χ1v) is 9.53. The van der Waals surface area contributed by atoms with Gasteiger partial charge in [-0.25, -0.2) is 4.79 Å². The molecule has 0 amide bonds. The second kappa shape index (κ2) is 6.69. The van der Waals surface area contributed by atoms with Gasteiger partial charge in [0, 0.05) is 23.1 Å². The molecule has 138 valence electrons. The first-order valence-electron chi connectivity index (χ1n) is 9.53. The number of nitrogens with one attached hydrogen (secondary N) is 1. The fourth-order valence-corrected chi connectivity index (χ4v) is 4.15.